The van der Waals surface area contributed by atoms with Crippen LogP contribution in [0.5, 0.6) is 0 Å². The van der Waals surface area contributed by atoms with Crippen molar-refractivity contribution >= 4 is 24.0 Å². The third kappa shape index (κ3) is 4.13. The quantitative estimate of drug-likeness (QED) is 0.877. The van der Waals surface area contributed by atoms with Crippen LogP contribution in [0.3, 0.4) is 0 Å². The number of carbonyl (C=O) groups is 1. The van der Waals surface area contributed by atoms with Crippen LogP contribution in [0.25, 0.3) is 5.65 Å². The minimum Gasteiger partial charge on any atom is -0.352 e. The van der Waals surface area contributed by atoms with E-state index in [1.807, 2.05) is 13.0 Å². The molecule has 0 saturated carbocycles. The van der Waals surface area contributed by atoms with Gasteiger partial charge in [-0.25, -0.2) is 4.98 Å². The molecule has 1 unspecified atom stereocenters. The van der Waals surface area contributed by atoms with E-state index in [1.54, 1.807) is 12.3 Å². The summed E-state index contributed by atoms with van der Waals surface area (Å²) < 4.78 is 1.43. The minimum absolute atomic E-state index is 0. The molecule has 1 amide bonds. The molecule has 0 spiro atoms. The second kappa shape index (κ2) is 8.26. The van der Waals surface area contributed by atoms with Crippen LogP contribution in [0, 0.1) is 12.8 Å². The summed E-state index contributed by atoms with van der Waals surface area (Å²) in [7, 11) is 0. The van der Waals surface area contributed by atoms with E-state index < -0.39 is 0 Å². The molecule has 1 aliphatic heterocycles. The number of nitrogens with one attached hydrogen (secondary N) is 2. The van der Waals surface area contributed by atoms with Gasteiger partial charge < -0.3 is 10.6 Å². The molecule has 0 aromatic carbocycles. The van der Waals surface area contributed by atoms with Crippen LogP contribution >= 0.6 is 12.4 Å². The molecule has 2 N–H and O–H groups in total. The lowest BCUT2D eigenvalue weighted by Crippen LogP contribution is -2.35. The smallest absolute Gasteiger partial charge is 0.270 e. The van der Waals surface area contributed by atoms with Gasteiger partial charge in [0.25, 0.3) is 11.5 Å². The van der Waals surface area contributed by atoms with Crippen molar-refractivity contribution in [1.82, 2.24) is 20.0 Å². The number of aromatic nitrogens is 2. The van der Waals surface area contributed by atoms with Crippen molar-refractivity contribution in [3.8, 4) is 0 Å². The first-order valence-electron chi connectivity index (χ1n) is 8.12. The van der Waals surface area contributed by atoms with E-state index >= 15 is 0 Å². The highest BCUT2D eigenvalue weighted by Gasteiger charge is 2.15. The van der Waals surface area contributed by atoms with Crippen molar-refractivity contribution in [2.45, 2.75) is 26.2 Å². The number of carbonyl (C=O) groups excluding carboxylic acids is 1. The van der Waals surface area contributed by atoms with Gasteiger partial charge in [-0.2, -0.15) is 0 Å². The Labute approximate surface area is 147 Å². The molecule has 3 heterocycles. The van der Waals surface area contributed by atoms with Gasteiger partial charge in [-0.15, -0.1) is 12.4 Å². The van der Waals surface area contributed by atoms with Crippen LogP contribution < -0.4 is 16.2 Å². The van der Waals surface area contributed by atoms with Crippen molar-refractivity contribution < 1.29 is 4.79 Å². The van der Waals surface area contributed by atoms with Crippen LogP contribution in [0.15, 0.2) is 29.3 Å². The van der Waals surface area contributed by atoms with Crippen LogP contribution in [-0.2, 0) is 0 Å². The standard InChI is InChI=1S/C17H22N4O2.ClH/c1-12-4-5-15-20-10-14(17(23)21(15)11-12)16(22)19-8-6-13-3-2-7-18-9-13;/h4-5,10-11,13,18H,2-3,6-9H2,1H3,(H,19,22);1H. The average molecular weight is 351 g/mol. The molecule has 0 radical (unpaired) electrons. The monoisotopic (exact) mass is 350 g/mol. The van der Waals surface area contributed by atoms with Gasteiger partial charge >= 0.3 is 0 Å². The number of halogens is 1. The molecule has 2 aromatic heterocycles. The summed E-state index contributed by atoms with van der Waals surface area (Å²) in [5.74, 6) is 0.254. The van der Waals surface area contributed by atoms with Crippen LogP contribution in [0.1, 0.15) is 35.2 Å². The van der Waals surface area contributed by atoms with Gasteiger partial charge in [0.2, 0.25) is 0 Å². The maximum atomic E-state index is 12.4. The molecule has 1 atom stereocenters. The maximum Gasteiger partial charge on any atom is 0.270 e. The number of piperidine rings is 1. The zero-order chi connectivity index (χ0) is 16.2. The fourth-order valence-corrected chi connectivity index (χ4v) is 2.99. The lowest BCUT2D eigenvalue weighted by atomic mass is 9.96. The summed E-state index contributed by atoms with van der Waals surface area (Å²) in [4.78, 5) is 28.9. The molecule has 0 bridgehead atoms. The predicted octanol–water partition coefficient (Wildman–Crippen LogP) is 1.54. The Morgan fingerprint density at radius 3 is 3.04 bits per heavy atom. The SMILES string of the molecule is Cc1ccc2ncc(C(=O)NCCC3CCCNC3)c(=O)n2c1.Cl. The van der Waals surface area contributed by atoms with Gasteiger partial charge in [-0.3, -0.25) is 14.0 Å². The highest BCUT2D eigenvalue weighted by molar-refractivity contribution is 5.93. The van der Waals surface area contributed by atoms with E-state index in [-0.39, 0.29) is 29.4 Å². The number of rotatable bonds is 4. The van der Waals surface area contributed by atoms with E-state index in [1.165, 1.54) is 23.4 Å². The van der Waals surface area contributed by atoms with E-state index in [2.05, 4.69) is 15.6 Å². The first kappa shape index (κ1) is 18.4. The molecule has 1 aliphatic rings. The largest absolute Gasteiger partial charge is 0.352 e. The van der Waals surface area contributed by atoms with Crippen molar-refractivity contribution in [2.24, 2.45) is 5.92 Å². The molecule has 1 fully saturated rings. The molecule has 2 aromatic rings. The predicted molar refractivity (Wildman–Crippen MR) is 96.0 cm³/mol. The lowest BCUT2D eigenvalue weighted by Gasteiger charge is -2.22. The second-order valence-electron chi connectivity index (χ2n) is 6.17. The summed E-state index contributed by atoms with van der Waals surface area (Å²) in [6.45, 7) is 4.58. The van der Waals surface area contributed by atoms with Gasteiger partial charge in [0.1, 0.15) is 11.2 Å². The number of pyridine rings is 1. The van der Waals surface area contributed by atoms with Crippen molar-refractivity contribution in [3.05, 3.63) is 46.0 Å². The molecule has 6 nitrogen and oxygen atoms in total. The molecular formula is C17H23ClN4O2. The van der Waals surface area contributed by atoms with Crippen LogP contribution in [-0.4, -0.2) is 34.9 Å². The van der Waals surface area contributed by atoms with Gasteiger partial charge in [-0.05, 0) is 56.8 Å². The summed E-state index contributed by atoms with van der Waals surface area (Å²) in [5.41, 5.74) is 1.26. The molecule has 0 aliphatic carbocycles. The summed E-state index contributed by atoms with van der Waals surface area (Å²) in [6.07, 6.45) is 6.38. The molecule has 130 valence electrons. The van der Waals surface area contributed by atoms with Crippen molar-refractivity contribution in [3.63, 3.8) is 0 Å². The fraction of sp³-hybridized carbons (Fsp3) is 0.471. The third-order valence-electron chi connectivity index (χ3n) is 4.33. The minimum atomic E-state index is -0.345. The number of amides is 1. The van der Waals surface area contributed by atoms with Crippen molar-refractivity contribution in [1.29, 1.82) is 0 Å². The maximum absolute atomic E-state index is 12.4. The summed E-state index contributed by atoms with van der Waals surface area (Å²) in [5, 5.41) is 6.21. The Morgan fingerprint density at radius 1 is 1.46 bits per heavy atom. The topological polar surface area (TPSA) is 75.5 Å². The van der Waals surface area contributed by atoms with Gasteiger partial charge in [0.05, 0.1) is 0 Å². The van der Waals surface area contributed by atoms with Gasteiger partial charge in [0, 0.05) is 18.9 Å². The summed E-state index contributed by atoms with van der Waals surface area (Å²) >= 11 is 0. The zero-order valence-corrected chi connectivity index (χ0v) is 14.6. The molecule has 3 rings (SSSR count). The zero-order valence-electron chi connectivity index (χ0n) is 13.7. The highest BCUT2D eigenvalue weighted by Crippen LogP contribution is 2.12. The first-order chi connectivity index (χ1) is 11.1. The number of fused-ring (bicyclic) bond motifs is 1. The second-order valence-corrected chi connectivity index (χ2v) is 6.17. The first-order valence-corrected chi connectivity index (χ1v) is 8.12. The van der Waals surface area contributed by atoms with E-state index in [4.69, 9.17) is 0 Å². The Hall–Kier alpha value is -1.92. The van der Waals surface area contributed by atoms with Crippen LogP contribution in [0.4, 0.5) is 0 Å². The Balaban J connectivity index is 0.00000208. The molecular weight excluding hydrogens is 328 g/mol. The average Bonchev–Trinajstić information content (AvgIpc) is 2.56. The number of hydrogen-bond acceptors (Lipinski definition) is 4. The Bertz CT molecular complexity index is 769. The van der Waals surface area contributed by atoms with Gasteiger partial charge in [-0.1, -0.05) is 6.07 Å². The lowest BCUT2D eigenvalue weighted by molar-refractivity contribution is 0.0948. The van der Waals surface area contributed by atoms with E-state index in [9.17, 15) is 9.59 Å². The molecule has 7 heteroatoms. The summed E-state index contributed by atoms with van der Waals surface area (Å²) in [6, 6.07) is 3.66. The number of nitrogens with zero attached hydrogens (tertiary/aromatic N) is 2. The van der Waals surface area contributed by atoms with E-state index in [0.717, 1.165) is 25.1 Å². The highest BCUT2D eigenvalue weighted by atomic mass is 35.5. The Morgan fingerprint density at radius 2 is 2.29 bits per heavy atom. The third-order valence-corrected chi connectivity index (χ3v) is 4.33. The molecule has 1 saturated heterocycles. The Kier molecular flexibility index (Phi) is 6.34. The normalized spacial score (nSPS) is 17.3. The molecule has 24 heavy (non-hydrogen) atoms. The number of aryl methyl sites for hydroxylation is 1. The van der Waals surface area contributed by atoms with E-state index in [0.29, 0.717) is 18.1 Å². The number of hydrogen-bond donors (Lipinski definition) is 2. The van der Waals surface area contributed by atoms with Crippen molar-refractivity contribution in [2.75, 3.05) is 19.6 Å². The van der Waals surface area contributed by atoms with Crippen LogP contribution in [0.2, 0.25) is 0 Å². The van der Waals surface area contributed by atoms with Gasteiger partial charge in [0.15, 0.2) is 0 Å². The fourth-order valence-electron chi connectivity index (χ4n) is 2.99.